The van der Waals surface area contributed by atoms with E-state index in [1.807, 2.05) is 44.4 Å². The molecule has 2 unspecified atom stereocenters. The molecule has 0 fully saturated rings. The Labute approximate surface area is 220 Å². The van der Waals surface area contributed by atoms with Crippen molar-refractivity contribution in [3.05, 3.63) is 34.9 Å². The number of thioether (sulfide) groups is 1. The number of unbranched alkanes of at least 4 members (excludes halogenated alkanes) is 2. The van der Waals surface area contributed by atoms with Crippen LogP contribution in [-0.4, -0.2) is 59.5 Å². The van der Waals surface area contributed by atoms with E-state index in [0.717, 1.165) is 30.4 Å². The van der Waals surface area contributed by atoms with Gasteiger partial charge in [-0.3, -0.25) is 9.59 Å². The lowest BCUT2D eigenvalue weighted by atomic mass is 9.96. The van der Waals surface area contributed by atoms with E-state index in [0.29, 0.717) is 24.3 Å². The van der Waals surface area contributed by atoms with Gasteiger partial charge in [-0.1, -0.05) is 43.5 Å². The van der Waals surface area contributed by atoms with Gasteiger partial charge in [0.25, 0.3) is 0 Å². The number of ether oxygens (including phenoxy) is 1. The number of hydrogen-bond donors (Lipinski definition) is 2. The van der Waals surface area contributed by atoms with E-state index in [-0.39, 0.29) is 12.5 Å². The molecule has 0 saturated carbocycles. The Bertz CT molecular complexity index is 923. The van der Waals surface area contributed by atoms with Crippen LogP contribution in [0.15, 0.2) is 18.2 Å². The fraction of sp³-hybridized carbons (Fsp3) is 0.630. The molecule has 36 heavy (non-hydrogen) atoms. The van der Waals surface area contributed by atoms with Gasteiger partial charge < -0.3 is 20.3 Å². The van der Waals surface area contributed by atoms with E-state index in [4.69, 9.17) is 4.74 Å². The molecule has 1 rings (SSSR count). The lowest BCUT2D eigenvalue weighted by Crippen LogP contribution is -2.53. The molecular weight excluding hydrogens is 476 g/mol. The maximum atomic E-state index is 13.8. The van der Waals surface area contributed by atoms with Crippen LogP contribution >= 0.6 is 11.8 Å². The summed E-state index contributed by atoms with van der Waals surface area (Å²) in [7, 11) is 0. The average molecular weight is 519 g/mol. The lowest BCUT2D eigenvalue weighted by molar-refractivity contribution is -0.141. The summed E-state index contributed by atoms with van der Waals surface area (Å²) >= 11 is 1.54. The predicted octanol–water partition coefficient (Wildman–Crippen LogP) is 4.65. The largest absolute Gasteiger partial charge is 0.444 e. The number of nitrogens with zero attached hydrogens (tertiary/aromatic N) is 2. The number of carbonyl (C=O) groups excluding carboxylic acids is 3. The molecule has 8 nitrogen and oxygen atoms in total. The fourth-order valence-electron chi connectivity index (χ4n) is 3.70. The van der Waals surface area contributed by atoms with E-state index in [1.54, 1.807) is 20.8 Å². The zero-order valence-corrected chi connectivity index (χ0v) is 23.6. The molecule has 3 amide bonds. The first-order chi connectivity index (χ1) is 16.9. The quantitative estimate of drug-likeness (QED) is 0.290. The van der Waals surface area contributed by atoms with Crippen LogP contribution < -0.4 is 10.6 Å². The molecule has 0 aliphatic carbocycles. The molecule has 0 aromatic heterocycles. The zero-order valence-electron chi connectivity index (χ0n) is 22.8. The van der Waals surface area contributed by atoms with Gasteiger partial charge in [0.15, 0.2) is 0 Å². The molecule has 0 aliphatic rings. The van der Waals surface area contributed by atoms with Gasteiger partial charge in [-0.25, -0.2) is 4.79 Å². The third-order valence-electron chi connectivity index (χ3n) is 5.49. The van der Waals surface area contributed by atoms with Crippen molar-refractivity contribution in [2.75, 3.05) is 25.1 Å². The van der Waals surface area contributed by atoms with E-state index >= 15 is 0 Å². The molecule has 2 atom stereocenters. The van der Waals surface area contributed by atoms with Crippen LogP contribution in [0.2, 0.25) is 0 Å². The SMILES string of the molecule is CCCCCNC(=O)C(c1cc(C)ccc1C)N(CC#N)C(=O)C(CCSC)NC(=O)OC(C)(C)C. The Morgan fingerprint density at radius 2 is 1.89 bits per heavy atom. The summed E-state index contributed by atoms with van der Waals surface area (Å²) < 4.78 is 5.37. The van der Waals surface area contributed by atoms with Crippen LogP contribution in [0.4, 0.5) is 4.79 Å². The minimum absolute atomic E-state index is 0.301. The predicted molar refractivity (Wildman–Crippen MR) is 145 cm³/mol. The van der Waals surface area contributed by atoms with Gasteiger partial charge in [-0.05, 0) is 70.6 Å². The Morgan fingerprint density at radius 1 is 1.19 bits per heavy atom. The smallest absolute Gasteiger partial charge is 0.408 e. The summed E-state index contributed by atoms with van der Waals surface area (Å²) in [5.74, 6) is -0.236. The van der Waals surface area contributed by atoms with Crippen molar-refractivity contribution < 1.29 is 19.1 Å². The molecule has 2 N–H and O–H groups in total. The van der Waals surface area contributed by atoms with Crippen molar-refractivity contribution in [1.82, 2.24) is 15.5 Å². The highest BCUT2D eigenvalue weighted by molar-refractivity contribution is 7.98. The normalized spacial score (nSPS) is 12.7. The number of alkyl carbamates (subject to hydrolysis) is 1. The molecule has 1 aromatic rings. The highest BCUT2D eigenvalue weighted by Crippen LogP contribution is 2.27. The summed E-state index contributed by atoms with van der Waals surface area (Å²) in [6, 6.07) is 5.82. The molecule has 200 valence electrons. The van der Waals surface area contributed by atoms with Crippen molar-refractivity contribution in [1.29, 1.82) is 5.26 Å². The van der Waals surface area contributed by atoms with Crippen molar-refractivity contribution in [2.45, 2.75) is 84.9 Å². The summed E-state index contributed by atoms with van der Waals surface area (Å²) in [5, 5.41) is 15.3. The second-order valence-corrected chi connectivity index (χ2v) is 10.9. The van der Waals surface area contributed by atoms with Gasteiger partial charge >= 0.3 is 6.09 Å². The van der Waals surface area contributed by atoms with Gasteiger partial charge in [0.1, 0.15) is 24.2 Å². The van der Waals surface area contributed by atoms with Crippen molar-refractivity contribution in [3.63, 3.8) is 0 Å². The summed E-state index contributed by atoms with van der Waals surface area (Å²) in [4.78, 5) is 41.2. The van der Waals surface area contributed by atoms with Gasteiger partial charge in [0.2, 0.25) is 11.8 Å². The minimum atomic E-state index is -1.00. The maximum Gasteiger partial charge on any atom is 0.408 e. The van der Waals surface area contributed by atoms with Crippen LogP contribution in [-0.2, 0) is 14.3 Å². The zero-order chi connectivity index (χ0) is 27.3. The Balaban J connectivity index is 3.42. The van der Waals surface area contributed by atoms with Crippen LogP contribution in [0.25, 0.3) is 0 Å². The van der Waals surface area contributed by atoms with E-state index in [9.17, 15) is 19.6 Å². The van der Waals surface area contributed by atoms with Gasteiger partial charge in [0.05, 0.1) is 6.07 Å². The molecular formula is C27H42N4O4S. The summed E-state index contributed by atoms with van der Waals surface area (Å²) in [5.41, 5.74) is 1.70. The number of benzene rings is 1. The number of amides is 3. The summed E-state index contributed by atoms with van der Waals surface area (Å²) in [6.07, 6.45) is 4.34. The number of hydrogen-bond acceptors (Lipinski definition) is 6. The highest BCUT2D eigenvalue weighted by atomic mass is 32.2. The number of aryl methyl sites for hydroxylation is 2. The van der Waals surface area contributed by atoms with Crippen LogP contribution in [0.3, 0.4) is 0 Å². The van der Waals surface area contributed by atoms with E-state index in [1.165, 1.54) is 16.7 Å². The van der Waals surface area contributed by atoms with Gasteiger partial charge in [-0.2, -0.15) is 17.0 Å². The Kier molecular flexibility index (Phi) is 13.4. The number of rotatable bonds is 13. The lowest BCUT2D eigenvalue weighted by Gasteiger charge is -2.33. The topological polar surface area (TPSA) is 112 Å². The molecule has 0 aliphatic heterocycles. The molecule has 9 heteroatoms. The second kappa shape index (κ2) is 15.4. The van der Waals surface area contributed by atoms with Gasteiger partial charge in [0, 0.05) is 6.54 Å². The first-order valence-corrected chi connectivity index (χ1v) is 13.8. The molecule has 0 heterocycles. The second-order valence-electron chi connectivity index (χ2n) is 9.87. The van der Waals surface area contributed by atoms with E-state index < -0.39 is 29.7 Å². The van der Waals surface area contributed by atoms with Crippen LogP contribution in [0, 0.1) is 25.2 Å². The van der Waals surface area contributed by atoms with E-state index in [2.05, 4.69) is 17.6 Å². The third kappa shape index (κ3) is 10.5. The molecule has 0 radical (unpaired) electrons. The average Bonchev–Trinajstić information content (AvgIpc) is 2.79. The number of nitriles is 1. The third-order valence-corrected chi connectivity index (χ3v) is 6.14. The Hall–Kier alpha value is -2.73. The van der Waals surface area contributed by atoms with Crippen molar-refractivity contribution in [3.8, 4) is 6.07 Å². The first-order valence-electron chi connectivity index (χ1n) is 12.5. The molecule has 0 spiro atoms. The molecule has 0 bridgehead atoms. The van der Waals surface area contributed by atoms with Gasteiger partial charge in [-0.15, -0.1) is 0 Å². The number of nitrogens with one attached hydrogen (secondary N) is 2. The van der Waals surface area contributed by atoms with Crippen LogP contribution in [0.5, 0.6) is 0 Å². The number of carbonyl (C=O) groups is 3. The molecule has 0 saturated heterocycles. The Morgan fingerprint density at radius 3 is 2.47 bits per heavy atom. The summed E-state index contributed by atoms with van der Waals surface area (Å²) in [6.45, 7) is 11.3. The highest BCUT2D eigenvalue weighted by Gasteiger charge is 2.36. The van der Waals surface area contributed by atoms with Crippen LogP contribution in [0.1, 0.15) is 76.1 Å². The van der Waals surface area contributed by atoms with Crippen molar-refractivity contribution >= 4 is 29.7 Å². The van der Waals surface area contributed by atoms with Crippen molar-refractivity contribution in [2.24, 2.45) is 0 Å². The first kappa shape index (κ1) is 31.3. The molecule has 1 aromatic carbocycles. The fourth-order valence-corrected chi connectivity index (χ4v) is 4.18. The minimum Gasteiger partial charge on any atom is -0.444 e. The maximum absolute atomic E-state index is 13.8. The standard InChI is InChI=1S/C27H42N4O4S/c1-8-9-10-15-29-24(32)23(21-18-19(2)11-12-20(21)3)31(16-14-28)25(33)22(13-17-36-7)30-26(34)35-27(4,5)6/h11-12,18,22-23H,8-10,13,15-17H2,1-7H3,(H,29,32)(H,30,34). The monoisotopic (exact) mass is 518 g/mol.